The molecule has 3 N–H and O–H groups in total. The van der Waals surface area contributed by atoms with E-state index in [0.717, 1.165) is 29.8 Å². The van der Waals surface area contributed by atoms with Crippen molar-refractivity contribution in [3.05, 3.63) is 34.9 Å². The predicted molar refractivity (Wildman–Crippen MR) is 100 cm³/mol. The number of hydrogen-bond acceptors (Lipinski definition) is 6. The Hall–Kier alpha value is -2.58. The molecule has 8 heteroatoms. The maximum absolute atomic E-state index is 12.9. The number of nitrogens with zero attached hydrogens (tertiary/aromatic N) is 1. The van der Waals surface area contributed by atoms with Gasteiger partial charge in [0.05, 0.1) is 11.1 Å². The van der Waals surface area contributed by atoms with E-state index in [0.29, 0.717) is 29.8 Å². The zero-order valence-electron chi connectivity index (χ0n) is 15.8. The second kappa shape index (κ2) is 7.44. The van der Waals surface area contributed by atoms with Crippen LogP contribution in [-0.2, 0) is 16.1 Å². The van der Waals surface area contributed by atoms with E-state index < -0.39 is 23.8 Å². The van der Waals surface area contributed by atoms with Crippen LogP contribution in [0, 0.1) is 0 Å². The zero-order chi connectivity index (χ0) is 19.8. The summed E-state index contributed by atoms with van der Waals surface area (Å²) in [6.07, 6.45) is 2.50. The normalized spacial score (nSPS) is 27.8. The summed E-state index contributed by atoms with van der Waals surface area (Å²) in [5, 5.41) is 9.17. The second-order valence-corrected chi connectivity index (χ2v) is 7.70. The lowest BCUT2D eigenvalue weighted by atomic mass is 9.99. The van der Waals surface area contributed by atoms with E-state index in [9.17, 15) is 19.2 Å². The van der Waals surface area contributed by atoms with Crippen molar-refractivity contribution in [2.45, 2.75) is 57.3 Å². The Morgan fingerprint density at radius 1 is 1.11 bits per heavy atom. The number of nitrogens with one attached hydrogen (secondary N) is 3. The molecule has 4 amide bonds. The van der Waals surface area contributed by atoms with Crippen molar-refractivity contribution in [3.63, 3.8) is 0 Å². The summed E-state index contributed by atoms with van der Waals surface area (Å²) in [5.74, 6) is -1.91. The molecular weight excluding hydrogens is 360 g/mol. The molecule has 1 aromatic carbocycles. The van der Waals surface area contributed by atoms with Crippen molar-refractivity contribution in [2.75, 3.05) is 6.54 Å². The highest BCUT2D eigenvalue weighted by atomic mass is 16.2. The fourth-order valence-electron chi connectivity index (χ4n) is 4.20. The minimum atomic E-state index is -0.930. The van der Waals surface area contributed by atoms with Gasteiger partial charge < -0.3 is 10.6 Å². The third kappa shape index (κ3) is 3.33. The van der Waals surface area contributed by atoms with Gasteiger partial charge in [0.1, 0.15) is 6.04 Å². The molecule has 2 saturated heterocycles. The Bertz CT molecular complexity index is 853. The third-order valence-corrected chi connectivity index (χ3v) is 5.83. The van der Waals surface area contributed by atoms with Crippen LogP contribution in [0.25, 0.3) is 0 Å². The van der Waals surface area contributed by atoms with E-state index in [4.69, 9.17) is 0 Å². The number of carbonyl (C=O) groups is 4. The number of benzene rings is 1. The molecule has 4 rings (SSSR count). The summed E-state index contributed by atoms with van der Waals surface area (Å²) in [5.41, 5.74) is 1.55. The molecule has 0 aromatic heterocycles. The Labute approximate surface area is 163 Å². The average molecular weight is 384 g/mol. The van der Waals surface area contributed by atoms with E-state index in [1.807, 2.05) is 6.07 Å². The molecule has 0 aliphatic carbocycles. The highest BCUT2D eigenvalue weighted by molar-refractivity contribution is 6.23. The molecule has 0 saturated carbocycles. The lowest BCUT2D eigenvalue weighted by Gasteiger charge is -2.30. The van der Waals surface area contributed by atoms with Gasteiger partial charge in [0.15, 0.2) is 0 Å². The topological polar surface area (TPSA) is 108 Å². The molecule has 0 spiro atoms. The first-order chi connectivity index (χ1) is 13.5. The largest absolute Gasteiger partial charge is 0.313 e. The molecule has 3 heterocycles. The number of carbonyl (C=O) groups excluding carboxylic acids is 4. The van der Waals surface area contributed by atoms with Gasteiger partial charge in [-0.05, 0) is 50.4 Å². The summed E-state index contributed by atoms with van der Waals surface area (Å²) >= 11 is 0. The van der Waals surface area contributed by atoms with Crippen molar-refractivity contribution >= 4 is 23.6 Å². The standard InChI is InChI=1S/C20H24N4O4/c1-11-15(3-2-8-21-11)22-10-12-4-5-13-14(9-12)20(28)24(19(13)27)16-6-7-17(25)23-18(16)26/h4-5,9,11,15-16,21-22H,2-3,6-8,10H2,1H3,(H,23,25,26). The molecule has 3 aliphatic rings. The SMILES string of the molecule is CC1NCCCC1NCc1ccc2c(c1)C(=O)N(C1CCC(=O)NC1=O)C2=O. The Kier molecular flexibility index (Phi) is 4.99. The van der Waals surface area contributed by atoms with E-state index in [2.05, 4.69) is 22.9 Å². The van der Waals surface area contributed by atoms with Crippen LogP contribution in [0.15, 0.2) is 18.2 Å². The van der Waals surface area contributed by atoms with E-state index in [1.165, 1.54) is 0 Å². The van der Waals surface area contributed by atoms with Crippen LogP contribution in [0.1, 0.15) is 58.9 Å². The average Bonchev–Trinajstić information content (AvgIpc) is 2.92. The number of piperidine rings is 2. The number of amides is 4. The van der Waals surface area contributed by atoms with Crippen LogP contribution in [0.2, 0.25) is 0 Å². The summed E-state index contributed by atoms with van der Waals surface area (Å²) in [7, 11) is 0. The van der Waals surface area contributed by atoms with E-state index in [1.54, 1.807) is 12.1 Å². The van der Waals surface area contributed by atoms with Crippen molar-refractivity contribution in [3.8, 4) is 0 Å². The summed E-state index contributed by atoms with van der Waals surface area (Å²) in [4.78, 5) is 50.0. The zero-order valence-corrected chi connectivity index (χ0v) is 15.8. The highest BCUT2D eigenvalue weighted by Crippen LogP contribution is 2.28. The van der Waals surface area contributed by atoms with Gasteiger partial charge in [-0.15, -0.1) is 0 Å². The van der Waals surface area contributed by atoms with Gasteiger partial charge >= 0.3 is 0 Å². The van der Waals surface area contributed by atoms with Crippen LogP contribution in [0.5, 0.6) is 0 Å². The van der Waals surface area contributed by atoms with Crippen molar-refractivity contribution in [1.82, 2.24) is 20.9 Å². The van der Waals surface area contributed by atoms with E-state index >= 15 is 0 Å². The molecule has 3 aliphatic heterocycles. The first-order valence-electron chi connectivity index (χ1n) is 9.77. The quantitative estimate of drug-likeness (QED) is 0.646. The second-order valence-electron chi connectivity index (χ2n) is 7.70. The molecule has 3 atom stereocenters. The minimum absolute atomic E-state index is 0.118. The molecule has 148 valence electrons. The van der Waals surface area contributed by atoms with Crippen LogP contribution in [0.4, 0.5) is 0 Å². The fraction of sp³-hybridized carbons (Fsp3) is 0.500. The van der Waals surface area contributed by atoms with Gasteiger partial charge in [0.25, 0.3) is 11.8 Å². The highest BCUT2D eigenvalue weighted by Gasteiger charge is 2.44. The lowest BCUT2D eigenvalue weighted by Crippen LogP contribution is -2.54. The van der Waals surface area contributed by atoms with Crippen LogP contribution in [0.3, 0.4) is 0 Å². The van der Waals surface area contributed by atoms with Crippen LogP contribution >= 0.6 is 0 Å². The summed E-state index contributed by atoms with van der Waals surface area (Å²) < 4.78 is 0. The lowest BCUT2D eigenvalue weighted by molar-refractivity contribution is -0.136. The van der Waals surface area contributed by atoms with Crippen molar-refractivity contribution < 1.29 is 19.2 Å². The van der Waals surface area contributed by atoms with Gasteiger partial charge in [-0.1, -0.05) is 6.07 Å². The van der Waals surface area contributed by atoms with Gasteiger partial charge in [0.2, 0.25) is 11.8 Å². The van der Waals surface area contributed by atoms with Gasteiger partial charge in [-0.2, -0.15) is 0 Å². The molecule has 2 fully saturated rings. The molecular formula is C20H24N4O4. The molecule has 8 nitrogen and oxygen atoms in total. The van der Waals surface area contributed by atoms with Crippen LogP contribution < -0.4 is 16.0 Å². The van der Waals surface area contributed by atoms with Gasteiger partial charge in [-0.3, -0.25) is 29.4 Å². The number of fused-ring (bicyclic) bond motifs is 1. The van der Waals surface area contributed by atoms with Crippen molar-refractivity contribution in [2.24, 2.45) is 0 Å². The molecule has 28 heavy (non-hydrogen) atoms. The maximum Gasteiger partial charge on any atom is 0.262 e. The Balaban J connectivity index is 1.49. The minimum Gasteiger partial charge on any atom is -0.313 e. The first-order valence-corrected chi connectivity index (χ1v) is 9.77. The third-order valence-electron chi connectivity index (χ3n) is 5.83. The first kappa shape index (κ1) is 18.8. The number of rotatable bonds is 4. The number of hydrogen-bond donors (Lipinski definition) is 3. The predicted octanol–water partition coefficient (Wildman–Crippen LogP) is 0.318. The Morgan fingerprint density at radius 2 is 1.89 bits per heavy atom. The smallest absolute Gasteiger partial charge is 0.262 e. The summed E-state index contributed by atoms with van der Waals surface area (Å²) in [6, 6.07) is 5.04. The monoisotopic (exact) mass is 384 g/mol. The molecule has 1 aromatic rings. The molecule has 3 unspecified atom stereocenters. The van der Waals surface area contributed by atoms with Crippen molar-refractivity contribution in [1.29, 1.82) is 0 Å². The Morgan fingerprint density at radius 3 is 2.64 bits per heavy atom. The van der Waals surface area contributed by atoms with Gasteiger partial charge in [-0.25, -0.2) is 0 Å². The summed E-state index contributed by atoms with van der Waals surface area (Å²) in [6.45, 7) is 3.79. The maximum atomic E-state index is 12.9. The number of imide groups is 2. The van der Waals surface area contributed by atoms with E-state index in [-0.39, 0.29) is 18.7 Å². The fourth-order valence-corrected chi connectivity index (χ4v) is 4.20. The van der Waals surface area contributed by atoms with Gasteiger partial charge in [0, 0.05) is 25.0 Å². The van der Waals surface area contributed by atoms with Crippen LogP contribution in [-0.4, -0.2) is 53.2 Å². The molecule has 0 radical (unpaired) electrons. The molecule has 0 bridgehead atoms.